The number of hydrogen-bond acceptors (Lipinski definition) is 3. The molecule has 0 heterocycles. The topological polar surface area (TPSA) is 75.8 Å². The van der Waals surface area contributed by atoms with Gasteiger partial charge in [0.25, 0.3) is 5.91 Å². The van der Waals surface area contributed by atoms with Crippen LogP contribution in [0.25, 0.3) is 0 Å². The summed E-state index contributed by atoms with van der Waals surface area (Å²) in [7, 11) is 0.930. The van der Waals surface area contributed by atoms with E-state index in [4.69, 9.17) is 5.14 Å². The second kappa shape index (κ2) is 8.61. The third-order valence-electron chi connectivity index (χ3n) is 6.08. The minimum atomic E-state index is -3.10. The van der Waals surface area contributed by atoms with E-state index in [0.29, 0.717) is 0 Å². The lowest BCUT2D eigenvalue weighted by Gasteiger charge is -2.14. The molecule has 0 saturated heterocycles. The number of nitrogens with two attached hydrogens (primary N) is 1. The van der Waals surface area contributed by atoms with Crippen LogP contribution in [-0.2, 0) is 59.1 Å². The van der Waals surface area contributed by atoms with Crippen LogP contribution in [-0.4, -0.2) is 29.1 Å². The highest BCUT2D eigenvalue weighted by Crippen LogP contribution is 2.35. The third kappa shape index (κ3) is 4.82. The van der Waals surface area contributed by atoms with Crippen molar-refractivity contribution in [2.75, 3.05) is 14.1 Å². The van der Waals surface area contributed by atoms with Crippen molar-refractivity contribution < 1.29 is 9.00 Å². The summed E-state index contributed by atoms with van der Waals surface area (Å²) in [6.07, 6.45) is 6.77. The molecule has 0 spiro atoms. The Morgan fingerprint density at radius 3 is 2.13 bits per heavy atom. The number of rotatable bonds is 6. The Bertz CT molecular complexity index is 1050. The Hall–Kier alpha value is -2.02. The molecule has 0 radical (unpaired) electrons. The molecule has 0 aromatic heterocycles. The van der Waals surface area contributed by atoms with E-state index in [-0.39, 0.29) is 18.1 Å². The number of amides is 1. The summed E-state index contributed by atoms with van der Waals surface area (Å²) >= 11 is 0. The van der Waals surface area contributed by atoms with Crippen LogP contribution in [0.3, 0.4) is 0 Å². The van der Waals surface area contributed by atoms with Crippen molar-refractivity contribution in [1.82, 2.24) is 4.90 Å². The molecule has 0 bridgehead atoms. The van der Waals surface area contributed by atoms with Crippen LogP contribution in [0, 0.1) is 0 Å². The second-order valence-corrected chi connectivity index (χ2v) is 10.7. The van der Waals surface area contributed by atoms with E-state index in [2.05, 4.69) is 15.3 Å². The van der Waals surface area contributed by atoms with Gasteiger partial charge in [-0.1, -0.05) is 30.3 Å². The maximum Gasteiger partial charge on any atom is 0.259 e. The van der Waals surface area contributed by atoms with Gasteiger partial charge >= 0.3 is 0 Å². The van der Waals surface area contributed by atoms with Crippen molar-refractivity contribution in [3.63, 3.8) is 0 Å². The first-order valence-electron chi connectivity index (χ1n) is 10.7. The standard InChI is InChI=1S/C24H31N3O2S/c1-27(2)15-17-9-11-18(12-10-17)16-30(25,29)26-24(28)14-23-21-7-3-5-19(21)13-20-6-4-8-22(20)23/h9-13H,3-8,14-16H2,1-2H3,(H2,25,26,28,29). The predicted molar refractivity (Wildman–Crippen MR) is 121 cm³/mol. The van der Waals surface area contributed by atoms with Crippen molar-refractivity contribution in [1.29, 1.82) is 0 Å². The fraction of sp³-hybridized carbons (Fsp3) is 0.458. The highest BCUT2D eigenvalue weighted by molar-refractivity contribution is 7.90. The number of hydrogen-bond donors (Lipinski definition) is 1. The minimum Gasteiger partial charge on any atom is -0.305 e. The molecule has 30 heavy (non-hydrogen) atoms. The number of benzene rings is 2. The first-order chi connectivity index (χ1) is 14.3. The molecule has 6 heteroatoms. The summed E-state index contributed by atoms with van der Waals surface area (Å²) in [5, 5.41) is 5.98. The Labute approximate surface area is 180 Å². The number of carbonyl (C=O) groups excluding carboxylic acids is 1. The SMILES string of the molecule is CN(C)Cc1ccc(CS(N)(=O)=NC(=O)Cc2c3c(cc4c2CCC4)CCC3)cc1. The van der Waals surface area contributed by atoms with Crippen molar-refractivity contribution >= 4 is 15.8 Å². The van der Waals surface area contributed by atoms with Crippen LogP contribution >= 0.6 is 0 Å². The van der Waals surface area contributed by atoms with Crippen molar-refractivity contribution in [2.45, 2.75) is 57.2 Å². The molecule has 2 aromatic rings. The zero-order valence-corrected chi connectivity index (χ0v) is 18.8. The number of carbonyl (C=O) groups is 1. The third-order valence-corrected chi connectivity index (χ3v) is 7.34. The molecular weight excluding hydrogens is 394 g/mol. The molecule has 1 amide bonds. The molecule has 0 fully saturated rings. The van der Waals surface area contributed by atoms with Crippen molar-refractivity contribution in [3.8, 4) is 0 Å². The lowest BCUT2D eigenvalue weighted by molar-refractivity contribution is -0.117. The van der Waals surface area contributed by atoms with Gasteiger partial charge in [0.1, 0.15) is 9.92 Å². The van der Waals surface area contributed by atoms with Gasteiger partial charge in [0.2, 0.25) is 0 Å². The van der Waals surface area contributed by atoms with Gasteiger partial charge in [-0.25, -0.2) is 9.35 Å². The summed E-state index contributed by atoms with van der Waals surface area (Å²) in [5.41, 5.74) is 8.61. The van der Waals surface area contributed by atoms with Gasteiger partial charge in [-0.05, 0) is 91.6 Å². The van der Waals surface area contributed by atoms with Crippen molar-refractivity contribution in [2.24, 2.45) is 9.50 Å². The summed E-state index contributed by atoms with van der Waals surface area (Å²) in [5.74, 6) is -0.271. The summed E-state index contributed by atoms with van der Waals surface area (Å²) < 4.78 is 16.8. The lowest BCUT2D eigenvalue weighted by Crippen LogP contribution is -2.18. The first-order valence-corrected chi connectivity index (χ1v) is 12.5. The van der Waals surface area contributed by atoms with E-state index in [1.807, 2.05) is 38.4 Å². The zero-order valence-electron chi connectivity index (χ0n) is 17.9. The molecule has 0 saturated carbocycles. The quantitative estimate of drug-likeness (QED) is 0.771. The van der Waals surface area contributed by atoms with E-state index in [0.717, 1.165) is 56.2 Å². The highest BCUT2D eigenvalue weighted by Gasteiger charge is 2.25. The summed E-state index contributed by atoms with van der Waals surface area (Å²) in [4.78, 5) is 14.9. The molecular formula is C24H31N3O2S. The highest BCUT2D eigenvalue weighted by atomic mass is 32.2. The van der Waals surface area contributed by atoms with Crippen LogP contribution < -0.4 is 5.14 Å². The normalized spacial score (nSPS) is 16.9. The summed E-state index contributed by atoms with van der Waals surface area (Å²) in [6, 6.07) is 10.2. The molecule has 2 aliphatic rings. The average molecular weight is 426 g/mol. The number of fused-ring (bicyclic) bond motifs is 2. The van der Waals surface area contributed by atoms with Gasteiger partial charge in [0, 0.05) is 6.54 Å². The van der Waals surface area contributed by atoms with Gasteiger partial charge in [-0.15, -0.1) is 4.36 Å². The van der Waals surface area contributed by atoms with Crippen LogP contribution in [0.15, 0.2) is 34.7 Å². The maximum atomic E-state index is 12.9. The molecule has 2 aromatic carbocycles. The largest absolute Gasteiger partial charge is 0.305 e. The van der Waals surface area contributed by atoms with Crippen molar-refractivity contribution in [3.05, 3.63) is 69.3 Å². The van der Waals surface area contributed by atoms with E-state index in [1.54, 1.807) is 0 Å². The average Bonchev–Trinajstić information content (AvgIpc) is 3.31. The fourth-order valence-corrected chi connectivity index (χ4v) is 6.02. The van der Waals surface area contributed by atoms with Gasteiger partial charge in [0.05, 0.1) is 12.2 Å². The van der Waals surface area contributed by atoms with Gasteiger partial charge in [-0.2, -0.15) is 0 Å². The van der Waals surface area contributed by atoms with Gasteiger partial charge in [-0.3, -0.25) is 4.79 Å². The van der Waals surface area contributed by atoms with Gasteiger partial charge in [0.15, 0.2) is 0 Å². The molecule has 2 N–H and O–H groups in total. The molecule has 160 valence electrons. The Balaban J connectivity index is 1.51. The zero-order chi connectivity index (χ0) is 21.3. The molecule has 2 aliphatic carbocycles. The monoisotopic (exact) mass is 425 g/mol. The Morgan fingerprint density at radius 1 is 1.00 bits per heavy atom. The maximum absolute atomic E-state index is 12.9. The van der Waals surface area contributed by atoms with E-state index in [9.17, 15) is 9.00 Å². The van der Waals surface area contributed by atoms with Gasteiger partial charge < -0.3 is 4.90 Å². The van der Waals surface area contributed by atoms with Crippen LogP contribution in [0.2, 0.25) is 0 Å². The molecule has 4 rings (SSSR count). The molecule has 1 atom stereocenters. The second-order valence-electron chi connectivity index (χ2n) is 8.89. The lowest BCUT2D eigenvalue weighted by atomic mass is 9.92. The van der Waals surface area contributed by atoms with Crippen LogP contribution in [0.4, 0.5) is 0 Å². The first kappa shape index (κ1) is 21.2. The number of aryl methyl sites for hydroxylation is 2. The predicted octanol–water partition coefficient (Wildman–Crippen LogP) is 3.34. The summed E-state index contributed by atoms with van der Waals surface area (Å²) in [6.45, 7) is 0.840. The molecule has 0 aliphatic heterocycles. The van der Waals surface area contributed by atoms with E-state index >= 15 is 0 Å². The smallest absolute Gasteiger partial charge is 0.259 e. The van der Waals surface area contributed by atoms with E-state index in [1.165, 1.54) is 27.8 Å². The van der Waals surface area contributed by atoms with E-state index < -0.39 is 9.92 Å². The molecule has 1 unspecified atom stereocenters. The Morgan fingerprint density at radius 2 is 1.57 bits per heavy atom. The number of nitrogens with zero attached hydrogens (tertiary/aromatic N) is 2. The van der Waals surface area contributed by atoms with Crippen LogP contribution in [0.1, 0.15) is 51.8 Å². The minimum absolute atomic E-state index is 0.0893. The fourth-order valence-electron chi connectivity index (χ4n) is 4.88. The Kier molecular flexibility index (Phi) is 6.09. The molecule has 5 nitrogen and oxygen atoms in total. The van der Waals surface area contributed by atoms with Crippen LogP contribution in [0.5, 0.6) is 0 Å².